The molecule has 1 aromatic heterocycles. The van der Waals surface area contributed by atoms with Crippen molar-refractivity contribution in [2.45, 2.75) is 25.9 Å². The molecule has 1 heterocycles. The summed E-state index contributed by atoms with van der Waals surface area (Å²) in [5.41, 5.74) is 0.701. The third-order valence-electron chi connectivity index (χ3n) is 2.38. The minimum Gasteiger partial charge on any atom is -0.475 e. The second-order valence-corrected chi connectivity index (χ2v) is 4.43. The quantitative estimate of drug-likeness (QED) is 0.768. The molecule has 0 aliphatic rings. The van der Waals surface area contributed by atoms with E-state index in [0.29, 0.717) is 18.2 Å². The zero-order chi connectivity index (χ0) is 12.0. The molecule has 0 amide bonds. The van der Waals surface area contributed by atoms with E-state index < -0.39 is 5.97 Å². The van der Waals surface area contributed by atoms with Gasteiger partial charge in [-0.05, 0) is 18.7 Å². The highest BCUT2D eigenvalue weighted by Gasteiger charge is 2.14. The van der Waals surface area contributed by atoms with Gasteiger partial charge in [0.25, 0.3) is 0 Å². The number of hydrogen-bond donors (Lipinski definition) is 2. The van der Waals surface area contributed by atoms with Crippen LogP contribution in [0.1, 0.15) is 29.5 Å². The average Bonchev–Trinajstić information content (AvgIpc) is 2.72. The van der Waals surface area contributed by atoms with Crippen LogP contribution in [-0.4, -0.2) is 29.1 Å². The summed E-state index contributed by atoms with van der Waals surface area (Å²) in [7, 11) is 0. The maximum atomic E-state index is 10.8. The molecule has 2 N–H and O–H groups in total. The van der Waals surface area contributed by atoms with Crippen LogP contribution in [0.3, 0.4) is 0 Å². The number of carboxylic acids is 1. The van der Waals surface area contributed by atoms with E-state index in [0.717, 1.165) is 12.2 Å². The van der Waals surface area contributed by atoms with Crippen LogP contribution in [0, 0.1) is 0 Å². The maximum Gasteiger partial charge on any atom is 0.372 e. The smallest absolute Gasteiger partial charge is 0.372 e. The first-order valence-corrected chi connectivity index (χ1v) is 6.60. The topological polar surface area (TPSA) is 62.5 Å². The first-order valence-electron chi connectivity index (χ1n) is 5.21. The highest BCUT2D eigenvalue weighted by atomic mass is 32.2. The zero-order valence-electron chi connectivity index (χ0n) is 9.53. The Kier molecular flexibility index (Phi) is 5.42. The summed E-state index contributed by atoms with van der Waals surface area (Å²) in [5, 5.41) is 12.2. The van der Waals surface area contributed by atoms with Gasteiger partial charge in [-0.15, -0.1) is 0 Å². The van der Waals surface area contributed by atoms with Crippen molar-refractivity contribution in [2.24, 2.45) is 0 Å². The number of hydrogen-bond acceptors (Lipinski definition) is 4. The molecule has 1 rings (SSSR count). The van der Waals surface area contributed by atoms with Gasteiger partial charge in [-0.25, -0.2) is 4.79 Å². The van der Waals surface area contributed by atoms with Gasteiger partial charge in [0.2, 0.25) is 5.76 Å². The van der Waals surface area contributed by atoms with E-state index in [1.165, 1.54) is 6.26 Å². The summed E-state index contributed by atoms with van der Waals surface area (Å²) >= 11 is 1.78. The third kappa shape index (κ3) is 3.57. The number of furan rings is 1. The summed E-state index contributed by atoms with van der Waals surface area (Å²) in [4.78, 5) is 10.8. The number of rotatable bonds is 7. The monoisotopic (exact) mass is 243 g/mol. The summed E-state index contributed by atoms with van der Waals surface area (Å²) in [6.45, 7) is 2.65. The van der Waals surface area contributed by atoms with Crippen molar-refractivity contribution in [1.29, 1.82) is 0 Å². The Morgan fingerprint density at radius 1 is 1.69 bits per heavy atom. The van der Waals surface area contributed by atoms with E-state index >= 15 is 0 Å². The van der Waals surface area contributed by atoms with E-state index in [1.54, 1.807) is 17.8 Å². The van der Waals surface area contributed by atoms with Crippen molar-refractivity contribution in [3.05, 3.63) is 23.7 Å². The van der Waals surface area contributed by atoms with Crippen LogP contribution < -0.4 is 5.32 Å². The molecule has 16 heavy (non-hydrogen) atoms. The van der Waals surface area contributed by atoms with Crippen molar-refractivity contribution >= 4 is 17.7 Å². The summed E-state index contributed by atoms with van der Waals surface area (Å²) in [6, 6.07) is 2.11. The number of nitrogens with one attached hydrogen (secondary N) is 1. The molecule has 90 valence electrons. The Balaban J connectivity index is 2.53. The van der Waals surface area contributed by atoms with Gasteiger partial charge in [0.05, 0.1) is 6.26 Å². The second kappa shape index (κ2) is 6.60. The van der Waals surface area contributed by atoms with Gasteiger partial charge < -0.3 is 14.8 Å². The minimum atomic E-state index is -1.01. The van der Waals surface area contributed by atoms with Crippen LogP contribution in [0.2, 0.25) is 0 Å². The largest absolute Gasteiger partial charge is 0.475 e. The van der Waals surface area contributed by atoms with Gasteiger partial charge in [-0.1, -0.05) is 6.92 Å². The van der Waals surface area contributed by atoms with Gasteiger partial charge in [0.1, 0.15) is 0 Å². The molecule has 1 atom stereocenters. The minimum absolute atomic E-state index is 0.0338. The molecule has 0 aliphatic heterocycles. The van der Waals surface area contributed by atoms with Gasteiger partial charge >= 0.3 is 5.97 Å². The highest BCUT2D eigenvalue weighted by molar-refractivity contribution is 7.98. The lowest BCUT2D eigenvalue weighted by Crippen LogP contribution is -2.30. The van der Waals surface area contributed by atoms with E-state index in [2.05, 4.69) is 18.5 Å². The summed E-state index contributed by atoms with van der Waals surface area (Å²) < 4.78 is 4.91. The third-order valence-corrected chi connectivity index (χ3v) is 3.12. The van der Waals surface area contributed by atoms with Gasteiger partial charge in [0, 0.05) is 23.9 Å². The Morgan fingerprint density at radius 2 is 2.44 bits per heavy atom. The van der Waals surface area contributed by atoms with Gasteiger partial charge in [-0.2, -0.15) is 11.8 Å². The Bertz CT molecular complexity index is 338. The van der Waals surface area contributed by atoms with Crippen LogP contribution in [-0.2, 0) is 6.54 Å². The Morgan fingerprint density at radius 3 is 3.00 bits per heavy atom. The predicted octanol–water partition coefficient (Wildman–Crippen LogP) is 2.21. The first-order chi connectivity index (χ1) is 7.69. The fourth-order valence-electron chi connectivity index (χ4n) is 1.44. The first kappa shape index (κ1) is 13.1. The highest BCUT2D eigenvalue weighted by Crippen LogP contribution is 2.11. The molecule has 0 saturated carbocycles. The molecule has 0 aromatic carbocycles. The fraction of sp³-hybridized carbons (Fsp3) is 0.545. The van der Waals surface area contributed by atoms with Crippen LogP contribution in [0.4, 0.5) is 0 Å². The van der Waals surface area contributed by atoms with Gasteiger partial charge in [0.15, 0.2) is 0 Å². The van der Waals surface area contributed by atoms with Gasteiger partial charge in [-0.3, -0.25) is 0 Å². The summed E-state index contributed by atoms with van der Waals surface area (Å²) in [6.07, 6.45) is 4.50. The normalized spacial score (nSPS) is 12.6. The molecule has 5 heteroatoms. The van der Waals surface area contributed by atoms with Crippen LogP contribution >= 0.6 is 11.8 Å². The predicted molar refractivity (Wildman–Crippen MR) is 65.0 cm³/mol. The van der Waals surface area contributed by atoms with E-state index in [9.17, 15) is 4.79 Å². The number of carboxylic acid groups (broad SMARTS) is 1. The molecule has 0 aliphatic carbocycles. The molecular weight excluding hydrogens is 226 g/mol. The molecule has 0 fully saturated rings. The zero-order valence-corrected chi connectivity index (χ0v) is 10.3. The molecule has 0 saturated heterocycles. The maximum absolute atomic E-state index is 10.8. The van der Waals surface area contributed by atoms with Crippen LogP contribution in [0.5, 0.6) is 0 Å². The lowest BCUT2D eigenvalue weighted by atomic mass is 10.2. The number of carbonyl (C=O) groups is 1. The van der Waals surface area contributed by atoms with Crippen molar-refractivity contribution in [2.75, 3.05) is 12.0 Å². The lowest BCUT2D eigenvalue weighted by Gasteiger charge is -2.14. The average molecular weight is 243 g/mol. The molecular formula is C11H17NO3S. The molecule has 0 radical (unpaired) electrons. The Labute approximate surface area is 99.4 Å². The molecule has 1 aromatic rings. The molecule has 0 spiro atoms. The fourth-order valence-corrected chi connectivity index (χ4v) is 2.20. The number of thioether (sulfide) groups is 1. The SMILES string of the molecule is CCC(CSC)NCc1ccoc1C(=O)O. The molecule has 4 nitrogen and oxygen atoms in total. The Hall–Kier alpha value is -0.940. The van der Waals surface area contributed by atoms with Crippen molar-refractivity contribution in [1.82, 2.24) is 5.32 Å². The van der Waals surface area contributed by atoms with Crippen LogP contribution in [0.15, 0.2) is 16.7 Å². The number of aromatic carboxylic acids is 1. The molecule has 1 unspecified atom stereocenters. The van der Waals surface area contributed by atoms with Crippen molar-refractivity contribution in [3.8, 4) is 0 Å². The second-order valence-electron chi connectivity index (χ2n) is 3.52. The standard InChI is InChI=1S/C11H17NO3S/c1-3-9(7-16-2)12-6-8-4-5-15-10(8)11(13)14/h4-5,9,12H,3,6-7H2,1-2H3,(H,13,14). The molecule has 0 bridgehead atoms. The summed E-state index contributed by atoms with van der Waals surface area (Å²) in [5.74, 6) is 0.0442. The van der Waals surface area contributed by atoms with E-state index in [4.69, 9.17) is 9.52 Å². The van der Waals surface area contributed by atoms with Crippen LogP contribution in [0.25, 0.3) is 0 Å². The van der Waals surface area contributed by atoms with Crippen molar-refractivity contribution < 1.29 is 14.3 Å². The lowest BCUT2D eigenvalue weighted by molar-refractivity contribution is 0.0660. The van der Waals surface area contributed by atoms with E-state index in [1.807, 2.05) is 0 Å². The van der Waals surface area contributed by atoms with E-state index in [-0.39, 0.29) is 5.76 Å². The van der Waals surface area contributed by atoms with Crippen molar-refractivity contribution in [3.63, 3.8) is 0 Å².